The van der Waals surface area contributed by atoms with Crippen LogP contribution in [0.5, 0.6) is 11.5 Å². The zero-order valence-electron chi connectivity index (χ0n) is 24.5. The fourth-order valence-electron chi connectivity index (χ4n) is 4.93. The van der Waals surface area contributed by atoms with Crippen molar-refractivity contribution < 1.29 is 33.4 Å². The molecule has 6 rings (SSSR count). The van der Waals surface area contributed by atoms with Crippen LogP contribution in [0, 0.1) is 0 Å². The highest BCUT2D eigenvalue weighted by atomic mass is 32.2. The average molecular weight is 634 g/mol. The number of ether oxygens (including phenoxy) is 2. The molecule has 4 amide bonds. The molecule has 0 spiro atoms. The molecular formula is C35H27N3O7S. The van der Waals surface area contributed by atoms with Crippen molar-refractivity contribution in [2.75, 3.05) is 17.0 Å². The average Bonchev–Trinajstić information content (AvgIpc) is 3.64. The first-order valence-corrected chi connectivity index (χ1v) is 15.2. The van der Waals surface area contributed by atoms with Crippen LogP contribution in [0.3, 0.4) is 0 Å². The summed E-state index contributed by atoms with van der Waals surface area (Å²) in [7, 11) is 0. The quantitative estimate of drug-likeness (QED) is 0.141. The number of rotatable bonds is 9. The third-order valence-corrected chi connectivity index (χ3v) is 8.42. The van der Waals surface area contributed by atoms with Gasteiger partial charge in [0.15, 0.2) is 17.3 Å². The Kier molecular flexibility index (Phi) is 8.66. The Balaban J connectivity index is 1.18. The van der Waals surface area contributed by atoms with Gasteiger partial charge >= 0.3 is 0 Å². The minimum Gasteiger partial charge on any atom is -0.454 e. The number of amides is 4. The molecule has 0 aromatic heterocycles. The van der Waals surface area contributed by atoms with Gasteiger partial charge in [-0.2, -0.15) is 0 Å². The van der Waals surface area contributed by atoms with E-state index in [0.717, 1.165) is 4.90 Å². The van der Waals surface area contributed by atoms with E-state index in [1.54, 1.807) is 97.1 Å². The number of carbonyl (C=O) groups is 5. The summed E-state index contributed by atoms with van der Waals surface area (Å²) in [4.78, 5) is 66.0. The van der Waals surface area contributed by atoms with E-state index in [9.17, 15) is 24.0 Å². The molecule has 2 heterocycles. The monoisotopic (exact) mass is 633 g/mol. The molecule has 2 aliphatic heterocycles. The molecule has 230 valence electrons. The highest BCUT2D eigenvalue weighted by Crippen LogP contribution is 2.35. The lowest BCUT2D eigenvalue weighted by molar-refractivity contribution is -0.121. The number of Topliss-reactive ketones (excluding diaryl/α,β-unsaturated/α-hetero) is 1. The summed E-state index contributed by atoms with van der Waals surface area (Å²) >= 11 is 1.21. The van der Waals surface area contributed by atoms with Crippen molar-refractivity contribution >= 4 is 58.6 Å². The van der Waals surface area contributed by atoms with Crippen LogP contribution in [0.15, 0.2) is 108 Å². The van der Waals surface area contributed by atoms with Gasteiger partial charge in [0, 0.05) is 28.1 Å². The fraction of sp³-hybridized carbons (Fsp3) is 0.114. The summed E-state index contributed by atoms with van der Waals surface area (Å²) in [5, 5.41) is 4.87. The number of carbonyl (C=O) groups excluding carboxylic acids is 5. The summed E-state index contributed by atoms with van der Waals surface area (Å²) in [5.74, 6) is -0.734. The third kappa shape index (κ3) is 6.69. The minimum atomic E-state index is -0.669. The van der Waals surface area contributed by atoms with Crippen LogP contribution >= 0.6 is 11.8 Å². The number of ketones is 1. The Labute approximate surface area is 268 Å². The maximum atomic E-state index is 13.6. The molecule has 2 N–H and O–H groups in total. The summed E-state index contributed by atoms with van der Waals surface area (Å²) in [5.41, 5.74) is 2.30. The van der Waals surface area contributed by atoms with Crippen LogP contribution in [0.25, 0.3) is 6.08 Å². The number of hydrogen-bond acceptors (Lipinski definition) is 8. The standard InChI is InChI=1S/C35H27N3O7S/c1-21(39)23-11-13-26(14-12-23)38-32(40)19-31(35(38)43)46-27-9-5-8-25(18-27)36-34(42)28(37-33(41)24-6-3-2-4-7-24)16-22-10-15-29-30(17-22)45-20-44-29/h2-18,31H,19-20H2,1H3,(H,36,42)(H,37,41)/b28-16-. The second kappa shape index (κ2) is 13.1. The lowest BCUT2D eigenvalue weighted by Gasteiger charge is -2.15. The Morgan fingerprint density at radius 3 is 2.37 bits per heavy atom. The van der Waals surface area contributed by atoms with Crippen LogP contribution in [-0.4, -0.2) is 41.5 Å². The van der Waals surface area contributed by atoms with Gasteiger partial charge in [-0.05, 0) is 85.3 Å². The van der Waals surface area contributed by atoms with Crippen molar-refractivity contribution in [3.63, 3.8) is 0 Å². The molecule has 0 bridgehead atoms. The van der Waals surface area contributed by atoms with Crippen LogP contribution < -0.4 is 25.0 Å². The van der Waals surface area contributed by atoms with Gasteiger partial charge in [0.2, 0.25) is 18.6 Å². The summed E-state index contributed by atoms with van der Waals surface area (Å²) < 4.78 is 10.8. The van der Waals surface area contributed by atoms with Gasteiger partial charge in [0.1, 0.15) is 5.70 Å². The maximum Gasteiger partial charge on any atom is 0.272 e. The molecular weight excluding hydrogens is 606 g/mol. The number of thioether (sulfide) groups is 1. The first-order chi connectivity index (χ1) is 22.2. The molecule has 0 aliphatic carbocycles. The van der Waals surface area contributed by atoms with Gasteiger partial charge in [-0.3, -0.25) is 24.0 Å². The number of nitrogens with one attached hydrogen (secondary N) is 2. The highest BCUT2D eigenvalue weighted by Gasteiger charge is 2.40. The molecule has 1 saturated heterocycles. The normalized spacial score (nSPS) is 15.5. The predicted octanol–water partition coefficient (Wildman–Crippen LogP) is 5.45. The molecule has 46 heavy (non-hydrogen) atoms. The summed E-state index contributed by atoms with van der Waals surface area (Å²) in [6, 6.07) is 26.9. The first kappa shape index (κ1) is 30.4. The minimum absolute atomic E-state index is 0.00246. The van der Waals surface area contributed by atoms with E-state index in [4.69, 9.17) is 9.47 Å². The van der Waals surface area contributed by atoms with Gasteiger partial charge in [-0.1, -0.05) is 30.3 Å². The molecule has 4 aromatic carbocycles. The SMILES string of the molecule is CC(=O)c1ccc(N2C(=O)CC(Sc3cccc(NC(=O)/C(=C/c4ccc5c(c4)OCO5)NC(=O)c4ccccc4)c3)C2=O)cc1. The maximum absolute atomic E-state index is 13.6. The number of nitrogens with zero attached hydrogens (tertiary/aromatic N) is 1. The Bertz CT molecular complexity index is 1890. The molecule has 0 saturated carbocycles. The fourth-order valence-corrected chi connectivity index (χ4v) is 6.05. The van der Waals surface area contributed by atoms with E-state index in [-0.39, 0.29) is 36.5 Å². The molecule has 1 unspecified atom stereocenters. The van der Waals surface area contributed by atoms with Gasteiger partial charge in [0.05, 0.1) is 10.9 Å². The molecule has 1 atom stereocenters. The second-order valence-electron chi connectivity index (χ2n) is 10.5. The lowest BCUT2D eigenvalue weighted by Crippen LogP contribution is -2.31. The zero-order valence-corrected chi connectivity index (χ0v) is 25.3. The van der Waals surface area contributed by atoms with Gasteiger partial charge in [0.25, 0.3) is 11.8 Å². The van der Waals surface area contributed by atoms with Crippen molar-refractivity contribution in [3.8, 4) is 11.5 Å². The lowest BCUT2D eigenvalue weighted by atomic mass is 10.1. The third-order valence-electron chi connectivity index (χ3n) is 7.24. The van der Waals surface area contributed by atoms with E-state index in [0.29, 0.717) is 44.5 Å². The van der Waals surface area contributed by atoms with E-state index in [2.05, 4.69) is 10.6 Å². The summed E-state index contributed by atoms with van der Waals surface area (Å²) in [6.45, 7) is 1.55. The Morgan fingerprint density at radius 2 is 1.61 bits per heavy atom. The number of benzene rings is 4. The van der Waals surface area contributed by atoms with E-state index in [1.165, 1.54) is 24.8 Å². The molecule has 2 aliphatic rings. The van der Waals surface area contributed by atoms with Crippen molar-refractivity contribution in [1.29, 1.82) is 0 Å². The van der Waals surface area contributed by atoms with E-state index < -0.39 is 17.1 Å². The molecule has 4 aromatic rings. The molecule has 0 radical (unpaired) electrons. The highest BCUT2D eigenvalue weighted by molar-refractivity contribution is 8.00. The first-order valence-electron chi connectivity index (χ1n) is 14.3. The number of anilines is 2. The molecule has 10 nitrogen and oxygen atoms in total. The van der Waals surface area contributed by atoms with Crippen molar-refractivity contribution in [2.24, 2.45) is 0 Å². The van der Waals surface area contributed by atoms with E-state index >= 15 is 0 Å². The predicted molar refractivity (Wildman–Crippen MR) is 173 cm³/mol. The topological polar surface area (TPSA) is 131 Å². The number of hydrogen-bond donors (Lipinski definition) is 2. The van der Waals surface area contributed by atoms with Crippen molar-refractivity contribution in [3.05, 3.63) is 119 Å². The van der Waals surface area contributed by atoms with Crippen LogP contribution in [0.2, 0.25) is 0 Å². The van der Waals surface area contributed by atoms with Gasteiger partial charge < -0.3 is 20.1 Å². The zero-order chi connectivity index (χ0) is 32.2. The van der Waals surface area contributed by atoms with Crippen LogP contribution in [0.1, 0.15) is 39.6 Å². The Hall–Kier alpha value is -5.68. The second-order valence-corrected chi connectivity index (χ2v) is 11.7. The smallest absolute Gasteiger partial charge is 0.272 e. The largest absolute Gasteiger partial charge is 0.454 e. The molecule has 11 heteroatoms. The molecule has 1 fully saturated rings. The van der Waals surface area contributed by atoms with Crippen LogP contribution in [-0.2, 0) is 14.4 Å². The van der Waals surface area contributed by atoms with Gasteiger partial charge in [-0.25, -0.2) is 4.90 Å². The van der Waals surface area contributed by atoms with E-state index in [1.807, 2.05) is 0 Å². The van der Waals surface area contributed by atoms with Crippen LogP contribution in [0.4, 0.5) is 11.4 Å². The Morgan fingerprint density at radius 1 is 0.848 bits per heavy atom. The van der Waals surface area contributed by atoms with Crippen molar-refractivity contribution in [2.45, 2.75) is 23.5 Å². The van der Waals surface area contributed by atoms with Crippen molar-refractivity contribution in [1.82, 2.24) is 5.32 Å². The number of imide groups is 1. The number of fused-ring (bicyclic) bond motifs is 1. The summed E-state index contributed by atoms with van der Waals surface area (Å²) in [6.07, 6.45) is 1.54. The van der Waals surface area contributed by atoms with Gasteiger partial charge in [-0.15, -0.1) is 11.8 Å².